The van der Waals surface area contributed by atoms with Crippen molar-refractivity contribution in [2.75, 3.05) is 0 Å². The summed E-state index contributed by atoms with van der Waals surface area (Å²) in [5.41, 5.74) is 4.20. The van der Waals surface area contributed by atoms with E-state index in [2.05, 4.69) is 10.4 Å². The van der Waals surface area contributed by atoms with Gasteiger partial charge in [-0.25, -0.2) is 14.8 Å². The monoisotopic (exact) mass is 251 g/mol. The Hall–Kier alpha value is -1.49. The first-order chi connectivity index (χ1) is 8.20. The molecule has 0 spiro atoms. The molecule has 1 aromatic carbocycles. The van der Waals surface area contributed by atoms with Crippen LogP contribution in [0.15, 0.2) is 42.6 Å². The molecule has 0 saturated carbocycles. The molecule has 0 saturated heterocycles. The summed E-state index contributed by atoms with van der Waals surface area (Å²) >= 11 is 5.81. The summed E-state index contributed by atoms with van der Waals surface area (Å²) in [6, 6.07) is 9.40. The topological polar surface area (TPSA) is 50.9 Å². The minimum Gasteiger partial charge on any atom is -0.271 e. The molecule has 17 heavy (non-hydrogen) atoms. The Bertz CT molecular complexity index is 473. The Morgan fingerprint density at radius 2 is 2.00 bits per heavy atom. The minimum absolute atomic E-state index is 0.303. The number of rotatable bonds is 3. The lowest BCUT2D eigenvalue weighted by atomic mass is 10.0. The van der Waals surface area contributed by atoms with Crippen LogP contribution in [0.25, 0.3) is 0 Å². The van der Waals surface area contributed by atoms with E-state index in [1.807, 2.05) is 0 Å². The van der Waals surface area contributed by atoms with Crippen LogP contribution in [0.4, 0.5) is 4.39 Å². The van der Waals surface area contributed by atoms with Crippen LogP contribution in [-0.4, -0.2) is 4.98 Å². The van der Waals surface area contributed by atoms with Crippen molar-refractivity contribution in [2.24, 2.45) is 5.84 Å². The molecule has 1 aromatic heterocycles. The SMILES string of the molecule is NNC(c1cccc(F)c1)c1ccnc(Cl)c1. The van der Waals surface area contributed by atoms with Gasteiger partial charge in [-0.1, -0.05) is 23.7 Å². The largest absolute Gasteiger partial charge is 0.271 e. The summed E-state index contributed by atoms with van der Waals surface area (Å²) in [7, 11) is 0. The number of hydrazine groups is 1. The zero-order chi connectivity index (χ0) is 12.3. The second-order valence-corrected chi connectivity index (χ2v) is 3.95. The standard InChI is InChI=1S/C12H11ClFN3/c13-11-7-9(4-5-16-11)12(17-15)8-2-1-3-10(14)6-8/h1-7,12,17H,15H2. The lowest BCUT2D eigenvalue weighted by Crippen LogP contribution is -2.28. The maximum atomic E-state index is 13.2. The summed E-state index contributed by atoms with van der Waals surface area (Å²) < 4.78 is 13.2. The molecule has 0 aliphatic rings. The van der Waals surface area contributed by atoms with Gasteiger partial charge in [0, 0.05) is 6.20 Å². The number of benzene rings is 1. The Labute approximate surface area is 103 Å². The number of halogens is 2. The Morgan fingerprint density at radius 1 is 1.24 bits per heavy atom. The van der Waals surface area contributed by atoms with Crippen molar-refractivity contribution >= 4 is 11.6 Å². The Morgan fingerprint density at radius 3 is 2.65 bits per heavy atom. The predicted molar refractivity (Wildman–Crippen MR) is 64.8 cm³/mol. The third kappa shape index (κ3) is 2.79. The molecule has 3 N–H and O–H groups in total. The van der Waals surface area contributed by atoms with Gasteiger partial charge in [0.15, 0.2) is 0 Å². The predicted octanol–water partition coefficient (Wildman–Crippen LogP) is 2.43. The van der Waals surface area contributed by atoms with Crippen molar-refractivity contribution in [3.05, 3.63) is 64.7 Å². The molecule has 1 atom stereocenters. The highest BCUT2D eigenvalue weighted by Crippen LogP contribution is 2.23. The molecule has 0 bridgehead atoms. The van der Waals surface area contributed by atoms with Gasteiger partial charge in [-0.05, 0) is 35.4 Å². The third-order valence-corrected chi connectivity index (χ3v) is 2.64. The van der Waals surface area contributed by atoms with Crippen LogP contribution in [0.1, 0.15) is 17.2 Å². The molecule has 5 heteroatoms. The van der Waals surface area contributed by atoms with E-state index in [9.17, 15) is 4.39 Å². The average molecular weight is 252 g/mol. The van der Waals surface area contributed by atoms with E-state index in [0.717, 1.165) is 11.1 Å². The van der Waals surface area contributed by atoms with Crippen molar-refractivity contribution in [2.45, 2.75) is 6.04 Å². The summed E-state index contributed by atoms with van der Waals surface area (Å²) in [5, 5.41) is 0.374. The molecule has 0 radical (unpaired) electrons. The number of aromatic nitrogens is 1. The summed E-state index contributed by atoms with van der Waals surface area (Å²) in [5.74, 6) is 5.20. The number of nitrogens with one attached hydrogen (secondary N) is 1. The summed E-state index contributed by atoms with van der Waals surface area (Å²) in [6.45, 7) is 0. The fourth-order valence-corrected chi connectivity index (χ4v) is 1.85. The van der Waals surface area contributed by atoms with Crippen molar-refractivity contribution in [1.29, 1.82) is 0 Å². The first-order valence-electron chi connectivity index (χ1n) is 5.04. The van der Waals surface area contributed by atoms with E-state index >= 15 is 0 Å². The normalized spacial score (nSPS) is 12.4. The number of hydrogen-bond acceptors (Lipinski definition) is 3. The zero-order valence-electron chi connectivity index (χ0n) is 8.90. The van der Waals surface area contributed by atoms with Crippen LogP contribution >= 0.6 is 11.6 Å². The smallest absolute Gasteiger partial charge is 0.129 e. The highest BCUT2D eigenvalue weighted by molar-refractivity contribution is 6.29. The number of nitrogens with zero attached hydrogens (tertiary/aromatic N) is 1. The molecular weight excluding hydrogens is 241 g/mol. The van der Waals surface area contributed by atoms with Gasteiger partial charge in [-0.3, -0.25) is 5.84 Å². The quantitative estimate of drug-likeness (QED) is 0.500. The Kier molecular flexibility index (Phi) is 3.68. The van der Waals surface area contributed by atoms with E-state index in [4.69, 9.17) is 17.4 Å². The lowest BCUT2D eigenvalue weighted by molar-refractivity contribution is 0.605. The number of pyridine rings is 1. The second kappa shape index (κ2) is 5.23. The van der Waals surface area contributed by atoms with Gasteiger partial charge in [0.05, 0.1) is 6.04 Å². The maximum Gasteiger partial charge on any atom is 0.129 e. The molecular formula is C12H11ClFN3. The average Bonchev–Trinajstić information content (AvgIpc) is 2.30. The highest BCUT2D eigenvalue weighted by atomic mass is 35.5. The lowest BCUT2D eigenvalue weighted by Gasteiger charge is -2.16. The molecule has 0 aliphatic carbocycles. The highest BCUT2D eigenvalue weighted by Gasteiger charge is 2.13. The first kappa shape index (κ1) is 12.0. The molecule has 1 unspecified atom stereocenters. The fourth-order valence-electron chi connectivity index (χ4n) is 1.67. The molecule has 1 heterocycles. The van der Waals surface area contributed by atoms with Gasteiger partial charge in [-0.2, -0.15) is 0 Å². The van der Waals surface area contributed by atoms with E-state index in [1.165, 1.54) is 12.1 Å². The zero-order valence-corrected chi connectivity index (χ0v) is 9.66. The van der Waals surface area contributed by atoms with Crippen LogP contribution in [0.2, 0.25) is 5.15 Å². The molecule has 2 rings (SSSR count). The minimum atomic E-state index is -0.314. The summed E-state index contributed by atoms with van der Waals surface area (Å²) in [6.07, 6.45) is 1.58. The molecule has 3 nitrogen and oxygen atoms in total. The number of nitrogens with two attached hydrogens (primary N) is 1. The molecule has 0 amide bonds. The molecule has 0 aliphatic heterocycles. The van der Waals surface area contributed by atoms with Gasteiger partial charge in [0.25, 0.3) is 0 Å². The summed E-state index contributed by atoms with van der Waals surface area (Å²) in [4.78, 5) is 3.89. The van der Waals surface area contributed by atoms with Crippen LogP contribution in [0.5, 0.6) is 0 Å². The van der Waals surface area contributed by atoms with E-state index in [1.54, 1.807) is 30.5 Å². The van der Waals surface area contributed by atoms with Crippen molar-refractivity contribution in [3.63, 3.8) is 0 Å². The van der Waals surface area contributed by atoms with Crippen LogP contribution < -0.4 is 11.3 Å². The maximum absolute atomic E-state index is 13.2. The van der Waals surface area contributed by atoms with Crippen LogP contribution in [-0.2, 0) is 0 Å². The van der Waals surface area contributed by atoms with E-state index in [-0.39, 0.29) is 11.9 Å². The first-order valence-corrected chi connectivity index (χ1v) is 5.41. The van der Waals surface area contributed by atoms with Gasteiger partial charge >= 0.3 is 0 Å². The number of hydrogen-bond donors (Lipinski definition) is 2. The van der Waals surface area contributed by atoms with Gasteiger partial charge in [-0.15, -0.1) is 0 Å². The van der Waals surface area contributed by atoms with Crippen LogP contribution in [0, 0.1) is 5.82 Å². The molecule has 88 valence electrons. The van der Waals surface area contributed by atoms with E-state index in [0.29, 0.717) is 5.15 Å². The van der Waals surface area contributed by atoms with Gasteiger partial charge in [0.1, 0.15) is 11.0 Å². The van der Waals surface area contributed by atoms with Crippen molar-refractivity contribution < 1.29 is 4.39 Å². The van der Waals surface area contributed by atoms with Crippen LogP contribution in [0.3, 0.4) is 0 Å². The molecule has 0 fully saturated rings. The third-order valence-electron chi connectivity index (χ3n) is 2.43. The van der Waals surface area contributed by atoms with Gasteiger partial charge in [0.2, 0.25) is 0 Å². The fraction of sp³-hybridized carbons (Fsp3) is 0.0833. The van der Waals surface area contributed by atoms with Crippen molar-refractivity contribution in [1.82, 2.24) is 10.4 Å². The Balaban J connectivity index is 2.40. The van der Waals surface area contributed by atoms with E-state index < -0.39 is 0 Å². The van der Waals surface area contributed by atoms with Crippen molar-refractivity contribution in [3.8, 4) is 0 Å². The van der Waals surface area contributed by atoms with Gasteiger partial charge < -0.3 is 0 Å². The second-order valence-electron chi connectivity index (χ2n) is 3.57. The molecule has 2 aromatic rings.